The standard InChI is InChI=1S/C22H26N2O3/c1-14-3-5-18(6-4-14)21-8-16-7-17(9-21)11-22(10-16,13-21)20(25)26-12-19-24-23-15(2)27-19/h3-6,16-17H,7-13H2,1-2H3. The first-order valence-corrected chi connectivity index (χ1v) is 10.00. The van der Waals surface area contributed by atoms with Gasteiger partial charge in [-0.05, 0) is 68.3 Å². The minimum Gasteiger partial charge on any atom is -0.455 e. The van der Waals surface area contributed by atoms with Crippen LogP contribution in [0.5, 0.6) is 0 Å². The first kappa shape index (κ1) is 17.0. The largest absolute Gasteiger partial charge is 0.455 e. The molecule has 0 aliphatic heterocycles. The molecular weight excluding hydrogens is 340 g/mol. The molecule has 4 fully saturated rings. The van der Waals surface area contributed by atoms with Crippen LogP contribution in [0.1, 0.15) is 61.4 Å². The molecule has 2 aromatic rings. The predicted molar refractivity (Wildman–Crippen MR) is 98.8 cm³/mol. The summed E-state index contributed by atoms with van der Waals surface area (Å²) in [5.41, 5.74) is 2.49. The third-order valence-electron chi connectivity index (χ3n) is 7.05. The Hall–Kier alpha value is -2.17. The van der Waals surface area contributed by atoms with Crippen LogP contribution in [-0.2, 0) is 21.6 Å². The Kier molecular flexibility index (Phi) is 3.72. The number of rotatable bonds is 4. The molecule has 4 saturated carbocycles. The lowest BCUT2D eigenvalue weighted by atomic mass is 9.43. The zero-order valence-electron chi connectivity index (χ0n) is 16.0. The predicted octanol–water partition coefficient (Wildman–Crippen LogP) is 4.27. The van der Waals surface area contributed by atoms with Crippen LogP contribution < -0.4 is 0 Å². The van der Waals surface area contributed by atoms with Crippen molar-refractivity contribution in [3.05, 3.63) is 47.2 Å². The van der Waals surface area contributed by atoms with Crippen LogP contribution >= 0.6 is 0 Å². The van der Waals surface area contributed by atoms with Gasteiger partial charge in [-0.2, -0.15) is 0 Å². The molecule has 6 rings (SSSR count). The van der Waals surface area contributed by atoms with Gasteiger partial charge < -0.3 is 9.15 Å². The monoisotopic (exact) mass is 366 g/mol. The molecule has 1 heterocycles. The average molecular weight is 366 g/mol. The molecule has 0 amide bonds. The van der Waals surface area contributed by atoms with Gasteiger partial charge in [-0.25, -0.2) is 0 Å². The van der Waals surface area contributed by atoms with Crippen molar-refractivity contribution in [3.63, 3.8) is 0 Å². The summed E-state index contributed by atoms with van der Waals surface area (Å²) in [6.07, 6.45) is 6.55. The van der Waals surface area contributed by atoms with E-state index in [0.717, 1.165) is 19.3 Å². The van der Waals surface area contributed by atoms with Gasteiger partial charge in [0.15, 0.2) is 6.61 Å². The summed E-state index contributed by atoms with van der Waals surface area (Å²) < 4.78 is 11.0. The van der Waals surface area contributed by atoms with E-state index in [4.69, 9.17) is 9.15 Å². The fraction of sp³-hybridized carbons (Fsp3) is 0.591. The topological polar surface area (TPSA) is 65.2 Å². The van der Waals surface area contributed by atoms with Gasteiger partial charge in [-0.15, -0.1) is 10.2 Å². The van der Waals surface area contributed by atoms with Gasteiger partial charge in [0.25, 0.3) is 5.89 Å². The highest BCUT2D eigenvalue weighted by Crippen LogP contribution is 2.66. The number of benzene rings is 1. The van der Waals surface area contributed by atoms with Gasteiger partial charge in [0.1, 0.15) is 0 Å². The number of esters is 1. The lowest BCUT2D eigenvalue weighted by molar-refractivity contribution is -0.176. The molecule has 2 atom stereocenters. The fourth-order valence-electron chi connectivity index (χ4n) is 6.42. The molecule has 4 bridgehead atoms. The minimum atomic E-state index is -0.343. The van der Waals surface area contributed by atoms with Gasteiger partial charge in [0, 0.05) is 6.92 Å². The van der Waals surface area contributed by atoms with Crippen LogP contribution in [0.3, 0.4) is 0 Å². The summed E-state index contributed by atoms with van der Waals surface area (Å²) in [4.78, 5) is 13.2. The van der Waals surface area contributed by atoms with Gasteiger partial charge in [0.2, 0.25) is 5.89 Å². The summed E-state index contributed by atoms with van der Waals surface area (Å²) in [5.74, 6) is 2.06. The number of carbonyl (C=O) groups excluding carboxylic acids is 1. The van der Waals surface area contributed by atoms with E-state index in [0.29, 0.717) is 23.6 Å². The van der Waals surface area contributed by atoms with Crippen molar-refractivity contribution in [2.45, 2.75) is 64.4 Å². The van der Waals surface area contributed by atoms with Crippen molar-refractivity contribution in [1.29, 1.82) is 0 Å². The first-order chi connectivity index (χ1) is 13.0. The Balaban J connectivity index is 1.41. The van der Waals surface area contributed by atoms with Gasteiger partial charge in [-0.3, -0.25) is 4.79 Å². The van der Waals surface area contributed by atoms with E-state index in [9.17, 15) is 4.79 Å². The number of nitrogens with zero attached hydrogens (tertiary/aromatic N) is 2. The number of hydrogen-bond donors (Lipinski definition) is 0. The van der Waals surface area contributed by atoms with E-state index in [2.05, 4.69) is 41.4 Å². The molecule has 142 valence electrons. The summed E-state index contributed by atoms with van der Waals surface area (Å²) >= 11 is 0. The molecule has 0 N–H and O–H groups in total. The minimum absolute atomic E-state index is 0.0658. The van der Waals surface area contributed by atoms with E-state index in [-0.39, 0.29) is 23.4 Å². The lowest BCUT2D eigenvalue weighted by Gasteiger charge is -2.61. The molecule has 4 aliphatic carbocycles. The normalized spacial score (nSPS) is 34.0. The number of aryl methyl sites for hydroxylation is 2. The Morgan fingerprint density at radius 1 is 1.11 bits per heavy atom. The molecule has 27 heavy (non-hydrogen) atoms. The fourth-order valence-corrected chi connectivity index (χ4v) is 6.42. The average Bonchev–Trinajstić information content (AvgIpc) is 3.04. The van der Waals surface area contributed by atoms with Crippen molar-refractivity contribution < 1.29 is 13.9 Å². The van der Waals surface area contributed by atoms with Crippen molar-refractivity contribution in [3.8, 4) is 0 Å². The van der Waals surface area contributed by atoms with E-state index in [1.807, 2.05) is 0 Å². The zero-order chi connectivity index (χ0) is 18.6. The van der Waals surface area contributed by atoms with Gasteiger partial charge >= 0.3 is 5.97 Å². The van der Waals surface area contributed by atoms with E-state index in [1.165, 1.54) is 30.4 Å². The molecular formula is C22H26N2O3. The smallest absolute Gasteiger partial charge is 0.312 e. The summed E-state index contributed by atoms with van der Waals surface area (Å²) in [5, 5.41) is 7.75. The van der Waals surface area contributed by atoms with E-state index < -0.39 is 0 Å². The maximum absolute atomic E-state index is 13.2. The zero-order valence-corrected chi connectivity index (χ0v) is 16.0. The molecule has 5 heteroatoms. The number of ether oxygens (including phenoxy) is 1. The molecule has 1 aromatic heterocycles. The van der Waals surface area contributed by atoms with Crippen LogP contribution in [0, 0.1) is 31.1 Å². The second-order valence-electron chi connectivity index (χ2n) is 9.18. The van der Waals surface area contributed by atoms with Crippen molar-refractivity contribution in [2.75, 3.05) is 0 Å². The molecule has 0 saturated heterocycles. The quantitative estimate of drug-likeness (QED) is 0.756. The van der Waals surface area contributed by atoms with Crippen molar-refractivity contribution >= 4 is 5.97 Å². The molecule has 4 aliphatic rings. The second-order valence-corrected chi connectivity index (χ2v) is 9.18. The number of aromatic nitrogens is 2. The SMILES string of the molecule is Cc1ccc(C23CC4CC(CC(C(=O)OCc5nnc(C)o5)(C4)C2)C3)cc1. The molecule has 0 spiro atoms. The van der Waals surface area contributed by atoms with Gasteiger partial charge in [0.05, 0.1) is 5.41 Å². The molecule has 2 unspecified atom stereocenters. The third kappa shape index (κ3) is 2.79. The number of hydrogen-bond acceptors (Lipinski definition) is 5. The number of carbonyl (C=O) groups is 1. The highest BCUT2D eigenvalue weighted by molar-refractivity contribution is 5.78. The van der Waals surface area contributed by atoms with E-state index >= 15 is 0 Å². The van der Waals surface area contributed by atoms with Crippen LogP contribution in [0.25, 0.3) is 0 Å². The third-order valence-corrected chi connectivity index (χ3v) is 7.05. The summed E-state index contributed by atoms with van der Waals surface area (Å²) in [6, 6.07) is 8.97. The first-order valence-electron chi connectivity index (χ1n) is 10.00. The Morgan fingerprint density at radius 3 is 2.44 bits per heavy atom. The van der Waals surface area contributed by atoms with Crippen molar-refractivity contribution in [2.24, 2.45) is 17.3 Å². The highest BCUT2D eigenvalue weighted by Gasteiger charge is 2.61. The maximum atomic E-state index is 13.2. The molecule has 1 aromatic carbocycles. The van der Waals surface area contributed by atoms with Gasteiger partial charge in [-0.1, -0.05) is 29.8 Å². The molecule has 5 nitrogen and oxygen atoms in total. The molecule has 0 radical (unpaired) electrons. The van der Waals surface area contributed by atoms with Crippen LogP contribution in [-0.4, -0.2) is 16.2 Å². The Labute approximate surface area is 159 Å². The summed E-state index contributed by atoms with van der Waals surface area (Å²) in [6.45, 7) is 3.94. The maximum Gasteiger partial charge on any atom is 0.312 e. The summed E-state index contributed by atoms with van der Waals surface area (Å²) in [7, 11) is 0. The van der Waals surface area contributed by atoms with Crippen LogP contribution in [0.4, 0.5) is 0 Å². The highest BCUT2D eigenvalue weighted by atomic mass is 16.5. The van der Waals surface area contributed by atoms with E-state index in [1.54, 1.807) is 6.92 Å². The van der Waals surface area contributed by atoms with Crippen LogP contribution in [0.2, 0.25) is 0 Å². The van der Waals surface area contributed by atoms with Crippen LogP contribution in [0.15, 0.2) is 28.7 Å². The second kappa shape index (κ2) is 5.91. The van der Waals surface area contributed by atoms with Crippen molar-refractivity contribution in [1.82, 2.24) is 10.2 Å². The Morgan fingerprint density at radius 2 is 1.81 bits per heavy atom. The lowest BCUT2D eigenvalue weighted by Crippen LogP contribution is -2.57. The Bertz CT molecular complexity index is 856.